The van der Waals surface area contributed by atoms with Crippen LogP contribution in [-0.4, -0.2) is 18.4 Å². The van der Waals surface area contributed by atoms with Gasteiger partial charge in [0.05, 0.1) is 12.0 Å². The second kappa shape index (κ2) is 8.49. The van der Waals surface area contributed by atoms with Gasteiger partial charge in [0, 0.05) is 12.1 Å². The fourth-order valence-corrected chi connectivity index (χ4v) is 2.15. The Labute approximate surface area is 141 Å². The van der Waals surface area contributed by atoms with Gasteiger partial charge in [-0.3, -0.25) is 9.59 Å². The second-order valence-electron chi connectivity index (χ2n) is 5.46. The highest BCUT2D eigenvalue weighted by atomic mass is 16.2. The molecule has 2 N–H and O–H groups in total. The summed E-state index contributed by atoms with van der Waals surface area (Å²) in [5, 5.41) is 14.3. The number of carbonyl (C=O) groups is 2. The number of hydrogen-bond acceptors (Lipinski definition) is 3. The smallest absolute Gasteiger partial charge is 0.252 e. The van der Waals surface area contributed by atoms with Crippen LogP contribution >= 0.6 is 0 Å². The lowest BCUT2D eigenvalue weighted by atomic mass is 10.0. The third-order valence-electron chi connectivity index (χ3n) is 3.51. The first-order chi connectivity index (χ1) is 11.6. The van der Waals surface area contributed by atoms with Gasteiger partial charge < -0.3 is 10.6 Å². The van der Waals surface area contributed by atoms with E-state index in [2.05, 4.69) is 16.7 Å². The Hall–Kier alpha value is -3.13. The van der Waals surface area contributed by atoms with E-state index in [9.17, 15) is 9.59 Å². The van der Waals surface area contributed by atoms with Crippen molar-refractivity contribution < 1.29 is 9.59 Å². The summed E-state index contributed by atoms with van der Waals surface area (Å²) in [5.74, 6) is -0.962. The van der Waals surface area contributed by atoms with Gasteiger partial charge >= 0.3 is 0 Å². The predicted molar refractivity (Wildman–Crippen MR) is 90.9 cm³/mol. The quantitative estimate of drug-likeness (QED) is 0.857. The van der Waals surface area contributed by atoms with Crippen LogP contribution in [0.2, 0.25) is 0 Å². The highest BCUT2D eigenvalue weighted by Gasteiger charge is 2.23. The first kappa shape index (κ1) is 17.2. The van der Waals surface area contributed by atoms with Gasteiger partial charge in [-0.25, -0.2) is 0 Å². The molecule has 2 atom stereocenters. The number of nitrogens with one attached hydrogen (secondary N) is 2. The van der Waals surface area contributed by atoms with E-state index in [-0.39, 0.29) is 24.3 Å². The monoisotopic (exact) mass is 321 g/mol. The molecule has 5 heteroatoms. The maximum Gasteiger partial charge on any atom is 0.252 e. The first-order valence-electron chi connectivity index (χ1n) is 7.70. The molecule has 2 unspecified atom stereocenters. The molecule has 0 spiro atoms. The van der Waals surface area contributed by atoms with Crippen LogP contribution in [-0.2, 0) is 4.79 Å². The van der Waals surface area contributed by atoms with Gasteiger partial charge in [-0.2, -0.15) is 5.26 Å². The molecule has 0 aliphatic rings. The lowest BCUT2D eigenvalue weighted by molar-refractivity contribution is -0.123. The minimum atomic E-state index is -0.815. The molecule has 24 heavy (non-hydrogen) atoms. The minimum Gasteiger partial charge on any atom is -0.353 e. The Morgan fingerprint density at radius 1 is 1.04 bits per heavy atom. The Morgan fingerprint density at radius 3 is 2.21 bits per heavy atom. The maximum atomic E-state index is 12.5. The van der Waals surface area contributed by atoms with Gasteiger partial charge in [0.2, 0.25) is 5.91 Å². The number of amides is 2. The molecule has 0 aliphatic carbocycles. The number of nitriles is 1. The minimum absolute atomic E-state index is 0.236. The molecule has 2 aromatic rings. The van der Waals surface area contributed by atoms with Gasteiger partial charge in [0.25, 0.3) is 5.91 Å². The van der Waals surface area contributed by atoms with Crippen molar-refractivity contribution in [2.75, 3.05) is 6.54 Å². The van der Waals surface area contributed by atoms with E-state index in [0.717, 1.165) is 0 Å². The molecular weight excluding hydrogens is 302 g/mol. The Morgan fingerprint density at radius 2 is 1.62 bits per heavy atom. The van der Waals surface area contributed by atoms with E-state index in [1.54, 1.807) is 43.3 Å². The zero-order chi connectivity index (χ0) is 17.4. The number of carbonyl (C=O) groups excluding carboxylic acids is 2. The molecule has 0 heterocycles. The van der Waals surface area contributed by atoms with Crippen LogP contribution in [0.3, 0.4) is 0 Å². The standard InChI is InChI=1S/C19H19N3O2/c1-14(12-20)13-21-19(24)17(15-8-4-2-5-9-15)22-18(23)16-10-6-3-7-11-16/h2-11,14,17H,13H2,1H3,(H,21,24)(H,22,23). The maximum absolute atomic E-state index is 12.5. The highest BCUT2D eigenvalue weighted by Crippen LogP contribution is 2.14. The van der Waals surface area contributed by atoms with Crippen molar-refractivity contribution >= 4 is 11.8 Å². The zero-order valence-corrected chi connectivity index (χ0v) is 13.4. The Bertz CT molecular complexity index is 723. The average Bonchev–Trinajstić information content (AvgIpc) is 2.65. The SMILES string of the molecule is CC(C#N)CNC(=O)C(NC(=O)c1ccccc1)c1ccccc1. The second-order valence-corrected chi connectivity index (χ2v) is 5.46. The van der Waals surface area contributed by atoms with E-state index >= 15 is 0 Å². The summed E-state index contributed by atoms with van der Waals surface area (Å²) in [5.41, 5.74) is 1.17. The van der Waals surface area contributed by atoms with Gasteiger partial charge in [-0.1, -0.05) is 48.5 Å². The highest BCUT2D eigenvalue weighted by molar-refractivity contribution is 5.97. The van der Waals surface area contributed by atoms with Crippen molar-refractivity contribution in [1.82, 2.24) is 10.6 Å². The van der Waals surface area contributed by atoms with Gasteiger partial charge in [0.1, 0.15) is 6.04 Å². The third kappa shape index (κ3) is 4.68. The van der Waals surface area contributed by atoms with E-state index < -0.39 is 6.04 Å². The molecule has 5 nitrogen and oxygen atoms in total. The summed E-state index contributed by atoms with van der Waals surface area (Å²) in [6.07, 6.45) is 0. The van der Waals surface area contributed by atoms with Gasteiger partial charge in [0.15, 0.2) is 0 Å². The molecule has 2 rings (SSSR count). The predicted octanol–water partition coefficient (Wildman–Crippen LogP) is 2.43. The lowest BCUT2D eigenvalue weighted by Crippen LogP contribution is -2.41. The summed E-state index contributed by atoms with van der Waals surface area (Å²) in [4.78, 5) is 24.9. The summed E-state index contributed by atoms with van der Waals surface area (Å²) in [6.45, 7) is 1.96. The van der Waals surface area contributed by atoms with Crippen LogP contribution < -0.4 is 10.6 Å². The van der Waals surface area contributed by atoms with Crippen molar-refractivity contribution in [1.29, 1.82) is 5.26 Å². The van der Waals surface area contributed by atoms with Crippen molar-refractivity contribution in [3.05, 3.63) is 71.8 Å². The number of hydrogen-bond donors (Lipinski definition) is 2. The first-order valence-corrected chi connectivity index (χ1v) is 7.70. The molecule has 0 fully saturated rings. The van der Waals surface area contributed by atoms with Crippen LogP contribution in [0.4, 0.5) is 0 Å². The van der Waals surface area contributed by atoms with Gasteiger partial charge in [-0.15, -0.1) is 0 Å². The Balaban J connectivity index is 2.16. The molecule has 0 saturated heterocycles. The fourth-order valence-electron chi connectivity index (χ4n) is 2.15. The van der Waals surface area contributed by atoms with Crippen molar-refractivity contribution in [2.45, 2.75) is 13.0 Å². The van der Waals surface area contributed by atoms with E-state index in [0.29, 0.717) is 11.1 Å². The molecule has 2 aromatic carbocycles. The number of rotatable bonds is 6. The summed E-state index contributed by atoms with van der Waals surface area (Å²) < 4.78 is 0. The van der Waals surface area contributed by atoms with Crippen LogP contribution in [0.25, 0.3) is 0 Å². The molecule has 0 saturated carbocycles. The van der Waals surface area contributed by atoms with Crippen LogP contribution in [0.5, 0.6) is 0 Å². The molecule has 0 aliphatic heterocycles. The fraction of sp³-hybridized carbons (Fsp3) is 0.211. The normalized spacial score (nSPS) is 12.5. The number of nitrogens with zero attached hydrogens (tertiary/aromatic N) is 1. The van der Waals surface area contributed by atoms with Crippen molar-refractivity contribution in [3.8, 4) is 6.07 Å². The largest absolute Gasteiger partial charge is 0.353 e. The molecule has 0 radical (unpaired) electrons. The Kier molecular flexibility index (Phi) is 6.09. The van der Waals surface area contributed by atoms with Crippen molar-refractivity contribution in [2.24, 2.45) is 5.92 Å². The summed E-state index contributed by atoms with van der Waals surface area (Å²) in [7, 11) is 0. The molecular formula is C19H19N3O2. The van der Waals surface area contributed by atoms with Crippen LogP contribution in [0.15, 0.2) is 60.7 Å². The number of benzene rings is 2. The molecule has 0 aromatic heterocycles. The molecule has 0 bridgehead atoms. The summed E-state index contributed by atoms with van der Waals surface area (Å²) in [6, 6.07) is 19.0. The van der Waals surface area contributed by atoms with Crippen LogP contribution in [0, 0.1) is 17.2 Å². The average molecular weight is 321 g/mol. The van der Waals surface area contributed by atoms with E-state index in [1.165, 1.54) is 0 Å². The third-order valence-corrected chi connectivity index (χ3v) is 3.51. The van der Waals surface area contributed by atoms with E-state index in [4.69, 9.17) is 5.26 Å². The van der Waals surface area contributed by atoms with Gasteiger partial charge in [-0.05, 0) is 24.6 Å². The van der Waals surface area contributed by atoms with Crippen molar-refractivity contribution in [3.63, 3.8) is 0 Å². The topological polar surface area (TPSA) is 82.0 Å². The van der Waals surface area contributed by atoms with E-state index in [1.807, 2.05) is 24.3 Å². The molecule has 2 amide bonds. The zero-order valence-electron chi connectivity index (χ0n) is 13.4. The summed E-state index contributed by atoms with van der Waals surface area (Å²) >= 11 is 0. The van der Waals surface area contributed by atoms with Crippen LogP contribution in [0.1, 0.15) is 28.9 Å². The molecule has 122 valence electrons. The lowest BCUT2D eigenvalue weighted by Gasteiger charge is -2.19.